The van der Waals surface area contributed by atoms with E-state index in [0.717, 1.165) is 43.6 Å². The molecule has 0 radical (unpaired) electrons. The molecule has 0 saturated carbocycles. The fraction of sp³-hybridized carbons (Fsp3) is 0.417. The molecule has 6 nitrogen and oxygen atoms in total. The van der Waals surface area contributed by atoms with E-state index in [1.54, 1.807) is 4.90 Å². The fourth-order valence-corrected chi connectivity index (χ4v) is 4.29. The molecule has 0 atom stereocenters. The Labute approximate surface area is 178 Å². The first kappa shape index (κ1) is 20.4. The molecule has 2 aromatic carbocycles. The van der Waals surface area contributed by atoms with Crippen molar-refractivity contribution >= 4 is 17.5 Å². The van der Waals surface area contributed by atoms with Gasteiger partial charge in [-0.05, 0) is 49.6 Å². The number of rotatable bonds is 5. The van der Waals surface area contributed by atoms with E-state index in [4.69, 9.17) is 0 Å². The second kappa shape index (κ2) is 9.30. The number of nitrogens with one attached hydrogen (secondary N) is 2. The lowest BCUT2D eigenvalue weighted by Crippen LogP contribution is -2.48. The van der Waals surface area contributed by atoms with Gasteiger partial charge in [-0.3, -0.25) is 9.59 Å². The minimum absolute atomic E-state index is 0.0433. The zero-order valence-electron chi connectivity index (χ0n) is 17.6. The standard InChI is InChI=1S/C24H30N4O2/c1-25-20-9-12-27(13-10-20)23(29)17-28-14-11-26-22-8-7-19(16-21(22)24(28)30)15-18-5-3-2-4-6-18/h2-8,16,20,25-26H,9-15,17H2,1H3. The second-order valence-corrected chi connectivity index (χ2v) is 8.14. The molecule has 2 aliphatic rings. The molecule has 0 aliphatic carbocycles. The van der Waals surface area contributed by atoms with Gasteiger partial charge < -0.3 is 20.4 Å². The Hall–Kier alpha value is -2.86. The number of benzene rings is 2. The molecule has 4 rings (SSSR count). The highest BCUT2D eigenvalue weighted by atomic mass is 16.2. The highest BCUT2D eigenvalue weighted by Crippen LogP contribution is 2.23. The third-order valence-electron chi connectivity index (χ3n) is 6.13. The molecule has 0 unspecified atom stereocenters. The predicted octanol–water partition coefficient (Wildman–Crippen LogP) is 2.36. The average Bonchev–Trinajstić information content (AvgIpc) is 2.93. The third-order valence-corrected chi connectivity index (χ3v) is 6.13. The molecule has 1 saturated heterocycles. The lowest BCUT2D eigenvalue weighted by Gasteiger charge is -2.33. The summed E-state index contributed by atoms with van der Waals surface area (Å²) in [6.07, 6.45) is 2.70. The van der Waals surface area contributed by atoms with Crippen molar-refractivity contribution in [3.63, 3.8) is 0 Å². The first-order valence-electron chi connectivity index (χ1n) is 10.8. The predicted molar refractivity (Wildman–Crippen MR) is 119 cm³/mol. The van der Waals surface area contributed by atoms with Gasteiger partial charge in [0, 0.05) is 37.9 Å². The molecule has 2 N–H and O–H groups in total. The average molecular weight is 407 g/mol. The minimum Gasteiger partial charge on any atom is -0.383 e. The molecule has 0 spiro atoms. The normalized spacial score (nSPS) is 17.3. The molecular weight excluding hydrogens is 376 g/mol. The fourth-order valence-electron chi connectivity index (χ4n) is 4.29. The van der Waals surface area contributed by atoms with Crippen LogP contribution in [0.15, 0.2) is 48.5 Å². The first-order valence-corrected chi connectivity index (χ1v) is 10.8. The highest BCUT2D eigenvalue weighted by Gasteiger charge is 2.28. The largest absolute Gasteiger partial charge is 0.383 e. The van der Waals surface area contributed by atoms with Crippen LogP contribution in [0.5, 0.6) is 0 Å². The SMILES string of the molecule is CNC1CCN(C(=O)CN2CCNc3ccc(Cc4ccccc4)cc3C2=O)CC1. The van der Waals surface area contributed by atoms with E-state index in [2.05, 4.69) is 28.8 Å². The number of nitrogens with zero attached hydrogens (tertiary/aromatic N) is 2. The van der Waals surface area contributed by atoms with Crippen molar-refractivity contribution in [2.24, 2.45) is 0 Å². The number of carbonyl (C=O) groups is 2. The van der Waals surface area contributed by atoms with E-state index in [1.807, 2.05) is 42.3 Å². The molecule has 0 bridgehead atoms. The molecule has 6 heteroatoms. The van der Waals surface area contributed by atoms with Gasteiger partial charge in [-0.2, -0.15) is 0 Å². The number of carbonyl (C=O) groups excluding carboxylic acids is 2. The van der Waals surface area contributed by atoms with Crippen LogP contribution in [0, 0.1) is 0 Å². The number of hydrogen-bond acceptors (Lipinski definition) is 4. The summed E-state index contributed by atoms with van der Waals surface area (Å²) in [6, 6.07) is 16.7. The molecule has 2 heterocycles. The lowest BCUT2D eigenvalue weighted by atomic mass is 10.0. The van der Waals surface area contributed by atoms with Crippen molar-refractivity contribution in [1.82, 2.24) is 15.1 Å². The van der Waals surface area contributed by atoms with E-state index in [9.17, 15) is 9.59 Å². The summed E-state index contributed by atoms with van der Waals surface area (Å²) < 4.78 is 0. The minimum atomic E-state index is -0.0663. The zero-order chi connectivity index (χ0) is 20.9. The second-order valence-electron chi connectivity index (χ2n) is 8.14. The Bertz CT molecular complexity index is 891. The van der Waals surface area contributed by atoms with Gasteiger partial charge in [0.15, 0.2) is 0 Å². The quantitative estimate of drug-likeness (QED) is 0.800. The van der Waals surface area contributed by atoms with Crippen molar-refractivity contribution < 1.29 is 9.59 Å². The molecular formula is C24H30N4O2. The maximum absolute atomic E-state index is 13.3. The Morgan fingerprint density at radius 2 is 1.83 bits per heavy atom. The summed E-state index contributed by atoms with van der Waals surface area (Å²) in [5.74, 6) is -0.0230. The monoisotopic (exact) mass is 406 g/mol. The molecule has 30 heavy (non-hydrogen) atoms. The maximum atomic E-state index is 13.3. The Kier molecular flexibility index (Phi) is 6.33. The van der Waals surface area contributed by atoms with E-state index in [0.29, 0.717) is 24.7 Å². The maximum Gasteiger partial charge on any atom is 0.256 e. The van der Waals surface area contributed by atoms with Crippen LogP contribution in [0.2, 0.25) is 0 Å². The van der Waals surface area contributed by atoms with Gasteiger partial charge in [-0.25, -0.2) is 0 Å². The lowest BCUT2D eigenvalue weighted by molar-refractivity contribution is -0.133. The van der Waals surface area contributed by atoms with Gasteiger partial charge in [0.2, 0.25) is 5.91 Å². The van der Waals surface area contributed by atoms with Crippen LogP contribution in [-0.2, 0) is 11.2 Å². The number of hydrogen-bond donors (Lipinski definition) is 2. The van der Waals surface area contributed by atoms with Crippen LogP contribution in [0.1, 0.15) is 34.3 Å². The summed E-state index contributed by atoms with van der Waals surface area (Å²) in [4.78, 5) is 29.7. The van der Waals surface area contributed by atoms with Crippen LogP contribution >= 0.6 is 0 Å². The topological polar surface area (TPSA) is 64.7 Å². The van der Waals surface area contributed by atoms with E-state index in [1.165, 1.54) is 5.56 Å². The van der Waals surface area contributed by atoms with Crippen LogP contribution < -0.4 is 10.6 Å². The van der Waals surface area contributed by atoms with Gasteiger partial charge in [-0.1, -0.05) is 36.4 Å². The summed E-state index contributed by atoms with van der Waals surface area (Å²) in [6.45, 7) is 2.82. The van der Waals surface area contributed by atoms with E-state index < -0.39 is 0 Å². The Morgan fingerprint density at radius 1 is 1.07 bits per heavy atom. The molecule has 1 fully saturated rings. The van der Waals surface area contributed by atoms with Crippen molar-refractivity contribution in [3.8, 4) is 0 Å². The number of piperidine rings is 1. The van der Waals surface area contributed by atoms with E-state index in [-0.39, 0.29) is 18.4 Å². The smallest absolute Gasteiger partial charge is 0.256 e. The van der Waals surface area contributed by atoms with Crippen LogP contribution in [0.3, 0.4) is 0 Å². The van der Waals surface area contributed by atoms with Crippen molar-refractivity contribution in [3.05, 3.63) is 65.2 Å². The Balaban J connectivity index is 1.45. The summed E-state index contributed by atoms with van der Waals surface area (Å²) >= 11 is 0. The molecule has 158 valence electrons. The van der Waals surface area contributed by atoms with Gasteiger partial charge in [0.1, 0.15) is 6.54 Å². The van der Waals surface area contributed by atoms with Crippen molar-refractivity contribution in [1.29, 1.82) is 0 Å². The Morgan fingerprint density at radius 3 is 2.57 bits per heavy atom. The summed E-state index contributed by atoms with van der Waals surface area (Å²) in [5, 5.41) is 6.63. The van der Waals surface area contributed by atoms with Gasteiger partial charge in [-0.15, -0.1) is 0 Å². The van der Waals surface area contributed by atoms with Crippen molar-refractivity contribution in [2.45, 2.75) is 25.3 Å². The summed E-state index contributed by atoms with van der Waals surface area (Å²) in [7, 11) is 1.97. The molecule has 2 aliphatic heterocycles. The summed E-state index contributed by atoms with van der Waals surface area (Å²) in [5.41, 5.74) is 3.81. The molecule has 2 aromatic rings. The molecule has 0 aromatic heterocycles. The number of likely N-dealkylation sites (tertiary alicyclic amines) is 1. The van der Waals surface area contributed by atoms with Gasteiger partial charge in [0.05, 0.1) is 5.56 Å². The van der Waals surface area contributed by atoms with Crippen LogP contribution in [0.4, 0.5) is 5.69 Å². The first-order chi connectivity index (χ1) is 14.6. The van der Waals surface area contributed by atoms with Crippen LogP contribution in [-0.4, -0.2) is 67.4 Å². The third kappa shape index (κ3) is 4.65. The number of amides is 2. The van der Waals surface area contributed by atoms with Gasteiger partial charge >= 0.3 is 0 Å². The van der Waals surface area contributed by atoms with Gasteiger partial charge in [0.25, 0.3) is 5.91 Å². The molecule has 2 amide bonds. The number of fused-ring (bicyclic) bond motifs is 1. The van der Waals surface area contributed by atoms with Crippen molar-refractivity contribution in [2.75, 3.05) is 45.1 Å². The number of anilines is 1. The highest BCUT2D eigenvalue weighted by molar-refractivity contribution is 6.02. The van der Waals surface area contributed by atoms with E-state index >= 15 is 0 Å². The zero-order valence-corrected chi connectivity index (χ0v) is 17.6. The van der Waals surface area contributed by atoms with Crippen LogP contribution in [0.25, 0.3) is 0 Å².